The first-order valence-corrected chi connectivity index (χ1v) is 6.31. The largest absolute Gasteiger partial charge is 0.394 e. The van der Waals surface area contributed by atoms with Crippen molar-refractivity contribution in [3.05, 3.63) is 0 Å². The molecule has 2 aliphatic heterocycles. The van der Waals surface area contributed by atoms with Crippen molar-refractivity contribution in [2.45, 2.75) is 37.6 Å². The fraction of sp³-hybridized carbons (Fsp3) is 1.00. The highest BCUT2D eigenvalue weighted by Crippen LogP contribution is 2.32. The first-order chi connectivity index (χ1) is 7.27. The zero-order valence-corrected chi connectivity index (χ0v) is 9.84. The Hall–Kier alpha value is -0.120. The van der Waals surface area contributed by atoms with Gasteiger partial charge in [-0.2, -0.15) is 0 Å². The molecule has 0 aliphatic carbocycles. The van der Waals surface area contributed by atoms with Crippen molar-refractivity contribution in [3.63, 3.8) is 0 Å². The second kappa shape index (κ2) is 4.81. The monoisotopic (exact) mass is 212 g/mol. The smallest absolute Gasteiger partial charge is 0.0616 e. The minimum atomic E-state index is 0.0347. The average molecular weight is 212 g/mol. The van der Waals surface area contributed by atoms with Crippen LogP contribution in [0.3, 0.4) is 0 Å². The molecule has 0 amide bonds. The van der Waals surface area contributed by atoms with Crippen molar-refractivity contribution in [1.29, 1.82) is 0 Å². The highest BCUT2D eigenvalue weighted by molar-refractivity contribution is 4.98. The third-order valence-electron chi connectivity index (χ3n) is 4.21. The number of hydrogen-bond acceptors (Lipinski definition) is 3. The predicted octanol–water partition coefficient (Wildman–Crippen LogP) is 0.833. The normalized spacial score (nSPS) is 39.2. The van der Waals surface area contributed by atoms with Crippen LogP contribution < -0.4 is 5.32 Å². The summed E-state index contributed by atoms with van der Waals surface area (Å²) in [5.41, 5.74) is 0.0347. The van der Waals surface area contributed by atoms with E-state index in [1.54, 1.807) is 0 Å². The molecule has 0 aromatic carbocycles. The van der Waals surface area contributed by atoms with Crippen LogP contribution in [0.25, 0.3) is 0 Å². The summed E-state index contributed by atoms with van der Waals surface area (Å²) in [5, 5.41) is 13.3. The van der Waals surface area contributed by atoms with Crippen molar-refractivity contribution >= 4 is 0 Å². The van der Waals surface area contributed by atoms with Crippen LogP contribution in [-0.2, 0) is 0 Å². The number of hydrogen-bond donors (Lipinski definition) is 2. The first kappa shape index (κ1) is 11.4. The van der Waals surface area contributed by atoms with Crippen molar-refractivity contribution in [1.82, 2.24) is 10.2 Å². The Morgan fingerprint density at radius 2 is 2.27 bits per heavy atom. The molecule has 2 unspecified atom stereocenters. The van der Waals surface area contributed by atoms with Crippen molar-refractivity contribution in [2.24, 2.45) is 5.92 Å². The molecule has 2 aliphatic rings. The Balaban J connectivity index is 2.03. The molecule has 2 N–H and O–H groups in total. The van der Waals surface area contributed by atoms with Gasteiger partial charge >= 0.3 is 0 Å². The summed E-state index contributed by atoms with van der Waals surface area (Å²) in [5.74, 6) is 0.640. The zero-order valence-electron chi connectivity index (χ0n) is 9.84. The molecule has 0 bridgehead atoms. The number of piperidine rings is 2. The van der Waals surface area contributed by atoms with Crippen LogP contribution in [0.2, 0.25) is 0 Å². The van der Waals surface area contributed by atoms with Gasteiger partial charge in [-0.05, 0) is 51.7 Å². The summed E-state index contributed by atoms with van der Waals surface area (Å²) in [6, 6.07) is 0. The molecule has 0 radical (unpaired) electrons. The van der Waals surface area contributed by atoms with Crippen molar-refractivity contribution in [2.75, 3.05) is 33.3 Å². The first-order valence-electron chi connectivity index (χ1n) is 6.31. The quantitative estimate of drug-likeness (QED) is 0.712. The van der Waals surface area contributed by atoms with E-state index in [-0.39, 0.29) is 5.54 Å². The molecule has 3 heteroatoms. The number of aliphatic hydroxyl groups excluding tert-OH is 1. The summed E-state index contributed by atoms with van der Waals surface area (Å²) >= 11 is 0. The minimum Gasteiger partial charge on any atom is -0.394 e. The maximum atomic E-state index is 9.70. The molecule has 3 nitrogen and oxygen atoms in total. The summed E-state index contributed by atoms with van der Waals surface area (Å²) in [7, 11) is 2.19. The van der Waals surface area contributed by atoms with E-state index < -0.39 is 0 Å². The number of nitrogens with one attached hydrogen (secondary N) is 1. The lowest BCUT2D eigenvalue weighted by Gasteiger charge is -2.46. The number of likely N-dealkylation sites (tertiary alicyclic amines) is 1. The van der Waals surface area contributed by atoms with Gasteiger partial charge in [-0.3, -0.25) is 0 Å². The van der Waals surface area contributed by atoms with Gasteiger partial charge in [0, 0.05) is 12.1 Å². The molecular formula is C12H24N2O. The predicted molar refractivity (Wildman–Crippen MR) is 61.9 cm³/mol. The third kappa shape index (κ3) is 2.35. The third-order valence-corrected chi connectivity index (χ3v) is 4.21. The summed E-state index contributed by atoms with van der Waals surface area (Å²) < 4.78 is 0. The molecule has 0 aromatic heterocycles. The van der Waals surface area contributed by atoms with Gasteiger partial charge < -0.3 is 15.3 Å². The van der Waals surface area contributed by atoms with Gasteiger partial charge in [-0.15, -0.1) is 0 Å². The van der Waals surface area contributed by atoms with Gasteiger partial charge in [-0.25, -0.2) is 0 Å². The van der Waals surface area contributed by atoms with E-state index in [4.69, 9.17) is 0 Å². The molecule has 2 fully saturated rings. The van der Waals surface area contributed by atoms with E-state index in [2.05, 4.69) is 17.3 Å². The van der Waals surface area contributed by atoms with Gasteiger partial charge in [-0.1, -0.05) is 6.42 Å². The van der Waals surface area contributed by atoms with Crippen LogP contribution in [0.4, 0.5) is 0 Å². The van der Waals surface area contributed by atoms with Crippen LogP contribution >= 0.6 is 0 Å². The van der Waals surface area contributed by atoms with Crippen LogP contribution in [-0.4, -0.2) is 48.8 Å². The Labute approximate surface area is 92.8 Å². The number of aliphatic hydroxyl groups is 1. The maximum absolute atomic E-state index is 9.70. The Bertz CT molecular complexity index is 202. The van der Waals surface area contributed by atoms with Gasteiger partial charge in [0.25, 0.3) is 0 Å². The molecule has 0 spiro atoms. The number of rotatable bonds is 2. The molecular weight excluding hydrogens is 188 g/mol. The Morgan fingerprint density at radius 3 is 2.87 bits per heavy atom. The van der Waals surface area contributed by atoms with Crippen LogP contribution in [0.1, 0.15) is 32.1 Å². The van der Waals surface area contributed by atoms with Gasteiger partial charge in [0.15, 0.2) is 0 Å². The molecule has 0 saturated carbocycles. The van der Waals surface area contributed by atoms with E-state index in [9.17, 15) is 5.11 Å². The summed E-state index contributed by atoms with van der Waals surface area (Å²) in [4.78, 5) is 2.40. The summed E-state index contributed by atoms with van der Waals surface area (Å²) in [6.45, 7) is 3.76. The molecule has 0 aromatic rings. The van der Waals surface area contributed by atoms with E-state index in [1.165, 1.54) is 32.2 Å². The van der Waals surface area contributed by atoms with Crippen LogP contribution in [0.15, 0.2) is 0 Å². The molecule has 88 valence electrons. The van der Waals surface area contributed by atoms with E-state index >= 15 is 0 Å². The molecule has 2 heterocycles. The summed E-state index contributed by atoms with van der Waals surface area (Å²) in [6.07, 6.45) is 6.25. The maximum Gasteiger partial charge on any atom is 0.0616 e. The molecule has 15 heavy (non-hydrogen) atoms. The van der Waals surface area contributed by atoms with Crippen molar-refractivity contribution in [3.8, 4) is 0 Å². The Morgan fingerprint density at radius 1 is 1.40 bits per heavy atom. The van der Waals surface area contributed by atoms with Crippen molar-refractivity contribution < 1.29 is 5.11 Å². The second-order valence-electron chi connectivity index (χ2n) is 5.30. The van der Waals surface area contributed by atoms with E-state index in [0.717, 1.165) is 19.5 Å². The second-order valence-corrected chi connectivity index (χ2v) is 5.30. The minimum absolute atomic E-state index is 0.0347. The van der Waals surface area contributed by atoms with Crippen LogP contribution in [0.5, 0.6) is 0 Å². The lowest BCUT2D eigenvalue weighted by Crippen LogP contribution is -2.60. The highest BCUT2D eigenvalue weighted by Gasteiger charge is 2.40. The van der Waals surface area contributed by atoms with Gasteiger partial charge in [0.2, 0.25) is 0 Å². The van der Waals surface area contributed by atoms with Crippen LogP contribution in [0, 0.1) is 5.92 Å². The van der Waals surface area contributed by atoms with Gasteiger partial charge in [0.05, 0.1) is 6.61 Å². The SMILES string of the molecule is CN1CCCC(C2(CO)CCCCN2)C1. The molecule has 2 rings (SSSR count). The van der Waals surface area contributed by atoms with E-state index in [0.29, 0.717) is 12.5 Å². The average Bonchev–Trinajstić information content (AvgIpc) is 2.30. The fourth-order valence-corrected chi connectivity index (χ4v) is 3.22. The fourth-order valence-electron chi connectivity index (χ4n) is 3.22. The van der Waals surface area contributed by atoms with E-state index in [1.807, 2.05) is 0 Å². The highest BCUT2D eigenvalue weighted by atomic mass is 16.3. The molecule has 2 saturated heterocycles. The Kier molecular flexibility index (Phi) is 3.65. The standard InChI is InChI=1S/C12H24N2O/c1-14-8-4-5-11(9-14)12(10-15)6-2-3-7-13-12/h11,13,15H,2-10H2,1H3. The zero-order chi connectivity index (χ0) is 10.7. The van der Waals surface area contributed by atoms with Gasteiger partial charge in [0.1, 0.15) is 0 Å². The lowest BCUT2D eigenvalue weighted by molar-refractivity contribution is 0.0387. The number of nitrogens with zero attached hydrogens (tertiary/aromatic N) is 1. The molecule has 2 atom stereocenters. The lowest BCUT2D eigenvalue weighted by atomic mass is 9.74. The topological polar surface area (TPSA) is 35.5 Å².